The average molecular weight is 433 g/mol. The van der Waals surface area contributed by atoms with Gasteiger partial charge in [-0.1, -0.05) is 30.3 Å². The van der Waals surface area contributed by atoms with Gasteiger partial charge in [-0.3, -0.25) is 19.0 Å². The van der Waals surface area contributed by atoms with Crippen molar-refractivity contribution in [1.82, 2.24) is 24.6 Å². The van der Waals surface area contributed by atoms with Crippen LogP contribution in [0.2, 0.25) is 0 Å². The number of nitrogens with zero attached hydrogens (tertiary/aromatic N) is 4. The molecular weight excluding hydrogens is 410 g/mol. The molecule has 0 aliphatic rings. The molecule has 2 heterocycles. The highest BCUT2D eigenvalue weighted by Crippen LogP contribution is 2.13. The van der Waals surface area contributed by atoms with Crippen molar-refractivity contribution in [3.8, 4) is 0 Å². The number of nitrogens with one attached hydrogen (secondary N) is 1. The zero-order valence-corrected chi connectivity index (χ0v) is 17.7. The molecule has 32 heavy (non-hydrogen) atoms. The lowest BCUT2D eigenvalue weighted by atomic mass is 10.1. The van der Waals surface area contributed by atoms with Gasteiger partial charge in [0.2, 0.25) is 5.91 Å². The first-order valence-electron chi connectivity index (χ1n) is 10.3. The van der Waals surface area contributed by atoms with E-state index in [-0.39, 0.29) is 36.5 Å². The number of fused-ring (bicyclic) bond motifs is 2. The number of amides is 1. The van der Waals surface area contributed by atoms with Gasteiger partial charge in [-0.15, -0.1) is 0 Å². The second-order valence-corrected chi connectivity index (χ2v) is 7.30. The molecule has 0 fully saturated rings. The van der Waals surface area contributed by atoms with Gasteiger partial charge in [0, 0.05) is 25.5 Å². The quantitative estimate of drug-likeness (QED) is 0.451. The predicted molar refractivity (Wildman–Crippen MR) is 120 cm³/mol. The fraction of sp³-hybridized carbons (Fsp3) is 0.261. The van der Waals surface area contributed by atoms with Gasteiger partial charge in [0.15, 0.2) is 0 Å². The Morgan fingerprint density at radius 3 is 2.47 bits per heavy atom. The molecule has 9 nitrogen and oxygen atoms in total. The van der Waals surface area contributed by atoms with E-state index in [9.17, 15) is 14.4 Å². The number of carbonyl (C=O) groups excluding carboxylic acids is 1. The first-order chi connectivity index (χ1) is 15.6. The Morgan fingerprint density at radius 2 is 1.69 bits per heavy atom. The number of aromatic nitrogens is 4. The van der Waals surface area contributed by atoms with Gasteiger partial charge < -0.3 is 10.1 Å². The van der Waals surface area contributed by atoms with Crippen LogP contribution in [0.25, 0.3) is 21.7 Å². The molecule has 1 amide bonds. The third-order valence-corrected chi connectivity index (χ3v) is 5.22. The minimum absolute atomic E-state index is 0.112. The molecule has 9 heteroatoms. The molecule has 0 saturated heterocycles. The van der Waals surface area contributed by atoms with Crippen LogP contribution in [0.15, 0.2) is 64.4 Å². The first-order valence-corrected chi connectivity index (χ1v) is 10.3. The minimum Gasteiger partial charge on any atom is -0.383 e. The van der Waals surface area contributed by atoms with Crippen LogP contribution < -0.4 is 16.4 Å². The maximum atomic E-state index is 12.6. The van der Waals surface area contributed by atoms with E-state index < -0.39 is 0 Å². The van der Waals surface area contributed by atoms with Crippen LogP contribution in [-0.4, -0.2) is 39.0 Å². The lowest BCUT2D eigenvalue weighted by molar-refractivity contribution is -0.121. The molecule has 0 radical (unpaired) electrons. The molecule has 0 bridgehead atoms. The van der Waals surface area contributed by atoms with Gasteiger partial charge >= 0.3 is 0 Å². The van der Waals surface area contributed by atoms with E-state index >= 15 is 0 Å². The molecule has 2 aromatic carbocycles. The van der Waals surface area contributed by atoms with Crippen LogP contribution >= 0.6 is 0 Å². The maximum absolute atomic E-state index is 12.6. The van der Waals surface area contributed by atoms with Crippen molar-refractivity contribution in [3.63, 3.8) is 0 Å². The molecule has 4 aromatic rings. The summed E-state index contributed by atoms with van der Waals surface area (Å²) < 4.78 is 7.84. The summed E-state index contributed by atoms with van der Waals surface area (Å²) >= 11 is 0. The molecule has 164 valence electrons. The summed E-state index contributed by atoms with van der Waals surface area (Å²) in [6.07, 6.45) is 1.57. The average Bonchev–Trinajstić information content (AvgIpc) is 2.83. The summed E-state index contributed by atoms with van der Waals surface area (Å²) in [5.74, 6) is -0.231. The van der Waals surface area contributed by atoms with Crippen molar-refractivity contribution < 1.29 is 9.53 Å². The number of hydrogen-bond donors (Lipinski definition) is 1. The Hall–Kier alpha value is -3.85. The predicted octanol–water partition coefficient (Wildman–Crippen LogP) is 1.46. The Bertz CT molecular complexity index is 1390. The van der Waals surface area contributed by atoms with Crippen molar-refractivity contribution in [1.29, 1.82) is 0 Å². The number of ether oxygens (including phenoxy) is 1. The van der Waals surface area contributed by atoms with Gasteiger partial charge in [0.25, 0.3) is 11.1 Å². The zero-order chi connectivity index (χ0) is 22.5. The van der Waals surface area contributed by atoms with Crippen LogP contribution in [0, 0.1) is 0 Å². The summed E-state index contributed by atoms with van der Waals surface area (Å²) in [4.78, 5) is 41.9. The molecule has 0 spiro atoms. The number of aryl methyl sites for hydroxylation is 1. The number of para-hydroxylation sites is 1. The molecule has 0 aliphatic heterocycles. The number of benzene rings is 2. The van der Waals surface area contributed by atoms with E-state index in [0.717, 1.165) is 0 Å². The second kappa shape index (κ2) is 9.52. The number of hydrogen-bond acceptors (Lipinski definition) is 6. The third-order valence-electron chi connectivity index (χ3n) is 5.22. The summed E-state index contributed by atoms with van der Waals surface area (Å²) in [6.45, 7) is 1.05. The highest BCUT2D eigenvalue weighted by atomic mass is 16.5. The van der Waals surface area contributed by atoms with Gasteiger partial charge in [-0.2, -0.15) is 5.10 Å². The highest BCUT2D eigenvalue weighted by molar-refractivity contribution is 5.84. The molecule has 0 aliphatic carbocycles. The minimum atomic E-state index is -0.231. The molecule has 0 unspecified atom stereocenters. The topological polar surface area (TPSA) is 108 Å². The smallest absolute Gasteiger partial charge is 0.274 e. The van der Waals surface area contributed by atoms with Crippen molar-refractivity contribution in [2.75, 3.05) is 13.7 Å². The van der Waals surface area contributed by atoms with E-state index in [1.54, 1.807) is 37.4 Å². The fourth-order valence-electron chi connectivity index (χ4n) is 3.52. The standard InChI is InChI=1S/C23H23N5O4/c1-32-13-12-28-23(31)17-7-3-2-6-16(17)20(26-28)14-24-21(29)10-11-27-15-25-19-9-5-4-8-18(19)22(27)30/h2-9,15H,10-14H2,1H3,(H,24,29). The fourth-order valence-corrected chi connectivity index (χ4v) is 3.52. The monoisotopic (exact) mass is 433 g/mol. The normalized spacial score (nSPS) is 11.2. The summed E-state index contributed by atoms with van der Waals surface area (Å²) in [5.41, 5.74) is 0.839. The lowest BCUT2D eigenvalue weighted by Crippen LogP contribution is -2.30. The molecule has 0 saturated carbocycles. The lowest BCUT2D eigenvalue weighted by Gasteiger charge is -2.12. The third kappa shape index (κ3) is 4.42. The molecule has 1 N–H and O–H groups in total. The van der Waals surface area contributed by atoms with E-state index in [0.29, 0.717) is 40.5 Å². The Morgan fingerprint density at radius 1 is 0.969 bits per heavy atom. The first kappa shape index (κ1) is 21.4. The van der Waals surface area contributed by atoms with Gasteiger partial charge in [0.05, 0.1) is 48.0 Å². The molecule has 2 aromatic heterocycles. The van der Waals surface area contributed by atoms with Crippen molar-refractivity contribution >= 4 is 27.6 Å². The van der Waals surface area contributed by atoms with Crippen LogP contribution in [0.4, 0.5) is 0 Å². The maximum Gasteiger partial charge on any atom is 0.274 e. The molecular formula is C23H23N5O4. The van der Waals surface area contributed by atoms with E-state index in [4.69, 9.17) is 4.74 Å². The second-order valence-electron chi connectivity index (χ2n) is 7.30. The Kier molecular flexibility index (Phi) is 6.37. The van der Waals surface area contributed by atoms with Gasteiger partial charge in [-0.05, 0) is 18.2 Å². The number of rotatable bonds is 8. The molecule has 0 atom stereocenters. The largest absolute Gasteiger partial charge is 0.383 e. The van der Waals surface area contributed by atoms with E-state index in [1.807, 2.05) is 18.2 Å². The van der Waals surface area contributed by atoms with Crippen molar-refractivity contribution in [2.45, 2.75) is 26.1 Å². The van der Waals surface area contributed by atoms with Crippen molar-refractivity contribution in [3.05, 3.63) is 81.3 Å². The number of methoxy groups -OCH3 is 1. The van der Waals surface area contributed by atoms with Gasteiger partial charge in [0.1, 0.15) is 0 Å². The van der Waals surface area contributed by atoms with Crippen LogP contribution in [0.5, 0.6) is 0 Å². The molecule has 4 rings (SSSR count). The highest BCUT2D eigenvalue weighted by Gasteiger charge is 2.12. The van der Waals surface area contributed by atoms with Crippen LogP contribution in [0.1, 0.15) is 12.1 Å². The van der Waals surface area contributed by atoms with Gasteiger partial charge in [-0.25, -0.2) is 9.67 Å². The summed E-state index contributed by atoms with van der Waals surface area (Å²) in [6, 6.07) is 14.3. The number of carbonyl (C=O) groups is 1. The van der Waals surface area contributed by atoms with Crippen molar-refractivity contribution in [2.24, 2.45) is 0 Å². The Labute approximate surface area is 183 Å². The Balaban J connectivity index is 1.47. The summed E-state index contributed by atoms with van der Waals surface area (Å²) in [5, 5.41) is 9.01. The summed E-state index contributed by atoms with van der Waals surface area (Å²) in [7, 11) is 1.56. The van der Waals surface area contributed by atoms with E-state index in [2.05, 4.69) is 15.4 Å². The SMILES string of the molecule is COCCn1nc(CNC(=O)CCn2cnc3ccccc3c2=O)c2ccccc2c1=O. The van der Waals surface area contributed by atoms with Crippen LogP contribution in [-0.2, 0) is 29.2 Å². The van der Waals surface area contributed by atoms with E-state index in [1.165, 1.54) is 15.6 Å². The van der Waals surface area contributed by atoms with Crippen LogP contribution in [0.3, 0.4) is 0 Å². The zero-order valence-electron chi connectivity index (χ0n) is 17.7.